The minimum absolute atomic E-state index is 0.220. The molecule has 0 unspecified atom stereocenters. The number of fused-ring (bicyclic) bond motifs is 1. The van der Waals surface area contributed by atoms with E-state index in [1.807, 2.05) is 18.2 Å². The van der Waals surface area contributed by atoms with Gasteiger partial charge >= 0.3 is 5.69 Å². The van der Waals surface area contributed by atoms with E-state index >= 15 is 0 Å². The average Bonchev–Trinajstić information content (AvgIpc) is 3.27. The Labute approximate surface area is 211 Å². The molecule has 3 aromatic rings. The van der Waals surface area contributed by atoms with Crippen molar-refractivity contribution in [1.29, 1.82) is 0 Å². The normalized spacial score (nSPS) is 16.6. The molecule has 0 spiro atoms. The third kappa shape index (κ3) is 5.19. The average molecular weight is 515 g/mol. The van der Waals surface area contributed by atoms with Gasteiger partial charge in [-0.2, -0.15) is 0 Å². The first-order chi connectivity index (χ1) is 16.8. The van der Waals surface area contributed by atoms with E-state index < -0.39 is 21.3 Å². The summed E-state index contributed by atoms with van der Waals surface area (Å²) in [6.45, 7) is 8.25. The zero-order chi connectivity index (χ0) is 26.4. The highest BCUT2D eigenvalue weighted by Gasteiger charge is 2.27. The van der Waals surface area contributed by atoms with Gasteiger partial charge in [0.2, 0.25) is 10.0 Å². The van der Waals surface area contributed by atoms with Gasteiger partial charge in [0.1, 0.15) is 5.75 Å². The van der Waals surface area contributed by atoms with Crippen molar-refractivity contribution in [3.05, 3.63) is 56.9 Å². The third-order valence-electron chi connectivity index (χ3n) is 6.77. The van der Waals surface area contributed by atoms with Crippen molar-refractivity contribution in [1.82, 2.24) is 14.3 Å². The lowest BCUT2D eigenvalue weighted by Crippen LogP contribution is -2.30. The predicted molar refractivity (Wildman–Crippen MR) is 144 cm³/mol. The van der Waals surface area contributed by atoms with Crippen LogP contribution >= 0.6 is 0 Å². The fourth-order valence-electron chi connectivity index (χ4n) is 4.84. The van der Waals surface area contributed by atoms with Crippen LogP contribution in [0.2, 0.25) is 0 Å². The Morgan fingerprint density at radius 3 is 2.50 bits per heavy atom. The molecule has 10 heteroatoms. The number of aromatic amines is 1. The van der Waals surface area contributed by atoms with E-state index in [2.05, 4.69) is 41.4 Å². The van der Waals surface area contributed by atoms with Gasteiger partial charge in [0, 0.05) is 49.5 Å². The van der Waals surface area contributed by atoms with E-state index in [-0.39, 0.29) is 11.3 Å². The van der Waals surface area contributed by atoms with Crippen molar-refractivity contribution in [3.8, 4) is 16.9 Å². The Bertz CT molecular complexity index is 1530. The predicted octanol–water partition coefficient (Wildman–Crippen LogP) is 2.58. The van der Waals surface area contributed by atoms with E-state index in [9.17, 15) is 18.0 Å². The summed E-state index contributed by atoms with van der Waals surface area (Å²) in [5.74, 6) is 0.969. The lowest BCUT2D eigenvalue weighted by atomic mass is 9.82. The molecule has 36 heavy (non-hydrogen) atoms. The van der Waals surface area contributed by atoms with E-state index in [1.165, 1.54) is 10.8 Å². The maximum atomic E-state index is 12.8. The number of benzene rings is 2. The van der Waals surface area contributed by atoms with Gasteiger partial charge in [-0.25, -0.2) is 17.9 Å². The summed E-state index contributed by atoms with van der Waals surface area (Å²) in [6.07, 6.45) is 3.64. The van der Waals surface area contributed by atoms with Gasteiger partial charge in [0.15, 0.2) is 0 Å². The molecule has 0 radical (unpaired) electrons. The van der Waals surface area contributed by atoms with Crippen LogP contribution in [0, 0.1) is 5.92 Å². The fourth-order valence-corrected chi connectivity index (χ4v) is 5.38. The number of nitrogens with one attached hydrogen (secondary N) is 2. The van der Waals surface area contributed by atoms with Crippen LogP contribution in [0.25, 0.3) is 21.9 Å². The molecular formula is C26H34N4O5S. The van der Waals surface area contributed by atoms with Crippen LogP contribution in [0.3, 0.4) is 0 Å². The van der Waals surface area contributed by atoms with Gasteiger partial charge < -0.3 is 14.2 Å². The van der Waals surface area contributed by atoms with E-state index in [4.69, 9.17) is 4.74 Å². The van der Waals surface area contributed by atoms with E-state index in [0.717, 1.165) is 52.8 Å². The van der Waals surface area contributed by atoms with Crippen molar-refractivity contribution in [2.75, 3.05) is 37.9 Å². The Hall–Kier alpha value is -3.11. The monoisotopic (exact) mass is 514 g/mol. The number of anilines is 1. The highest BCUT2D eigenvalue weighted by molar-refractivity contribution is 7.88. The van der Waals surface area contributed by atoms with Crippen molar-refractivity contribution < 1.29 is 13.2 Å². The summed E-state index contributed by atoms with van der Waals surface area (Å²) < 4.78 is 32.9. The van der Waals surface area contributed by atoms with E-state index in [0.29, 0.717) is 12.1 Å². The van der Waals surface area contributed by atoms with Crippen LogP contribution in [0.1, 0.15) is 32.8 Å². The second-order valence-corrected chi connectivity index (χ2v) is 12.5. The maximum Gasteiger partial charge on any atom is 0.328 e. The molecule has 2 heterocycles. The van der Waals surface area contributed by atoms with Gasteiger partial charge in [-0.05, 0) is 46.9 Å². The second-order valence-electron chi connectivity index (χ2n) is 10.6. The molecule has 0 saturated carbocycles. The number of ether oxygens (including phenoxy) is 1. The minimum Gasteiger partial charge on any atom is -0.496 e. The molecule has 0 bridgehead atoms. The van der Waals surface area contributed by atoms with Gasteiger partial charge in [-0.3, -0.25) is 9.78 Å². The zero-order valence-corrected chi connectivity index (χ0v) is 22.5. The lowest BCUT2D eigenvalue weighted by Gasteiger charge is -2.26. The number of aryl methyl sites for hydroxylation is 1. The summed E-state index contributed by atoms with van der Waals surface area (Å²) >= 11 is 0. The highest BCUT2D eigenvalue weighted by atomic mass is 32.2. The summed E-state index contributed by atoms with van der Waals surface area (Å²) in [5, 5.41) is 1.73. The van der Waals surface area contributed by atoms with Crippen molar-refractivity contribution in [2.24, 2.45) is 13.0 Å². The zero-order valence-electron chi connectivity index (χ0n) is 21.6. The summed E-state index contributed by atoms with van der Waals surface area (Å²) in [7, 11) is 0.0355. The first-order valence-corrected chi connectivity index (χ1v) is 13.8. The Kier molecular flexibility index (Phi) is 6.78. The summed E-state index contributed by atoms with van der Waals surface area (Å²) in [5.41, 5.74) is 1.94. The molecule has 0 amide bonds. The van der Waals surface area contributed by atoms with Crippen LogP contribution in [-0.4, -0.2) is 51.0 Å². The molecule has 1 fully saturated rings. The van der Waals surface area contributed by atoms with E-state index in [1.54, 1.807) is 20.4 Å². The standard InChI is InChI=1S/C26H34N4O5S/c1-26(2,3)22-12-19(21-15-29(4)25(32)28-24(21)31)18-8-7-17(11-20(18)23(22)35-5)30-10-9-16(14-30)13-27-36(6,33)34/h7-8,11-12,15-16,27H,9-10,13-14H2,1-6H3,(H,28,31,32)/t16-/m1/s1. The minimum atomic E-state index is -3.23. The highest BCUT2D eigenvalue weighted by Crippen LogP contribution is 2.43. The van der Waals surface area contributed by atoms with Gasteiger partial charge in [0.25, 0.3) is 5.56 Å². The van der Waals surface area contributed by atoms with Crippen molar-refractivity contribution >= 4 is 26.5 Å². The molecule has 9 nitrogen and oxygen atoms in total. The smallest absolute Gasteiger partial charge is 0.328 e. The lowest BCUT2D eigenvalue weighted by molar-refractivity contribution is 0.403. The molecule has 1 saturated heterocycles. The number of aromatic nitrogens is 2. The topological polar surface area (TPSA) is 114 Å². The summed E-state index contributed by atoms with van der Waals surface area (Å²) in [6, 6.07) is 8.07. The molecule has 2 N–H and O–H groups in total. The molecule has 4 rings (SSSR count). The van der Waals surface area contributed by atoms with Crippen molar-refractivity contribution in [3.63, 3.8) is 0 Å². The van der Waals surface area contributed by atoms with Crippen molar-refractivity contribution in [2.45, 2.75) is 32.6 Å². The van der Waals surface area contributed by atoms with Crippen LogP contribution in [0.5, 0.6) is 5.75 Å². The van der Waals surface area contributed by atoms with Crippen LogP contribution in [0.15, 0.2) is 40.1 Å². The number of rotatable bonds is 6. The van der Waals surface area contributed by atoms with Gasteiger partial charge in [-0.15, -0.1) is 0 Å². The third-order valence-corrected chi connectivity index (χ3v) is 7.46. The second kappa shape index (κ2) is 9.40. The Morgan fingerprint density at radius 2 is 1.86 bits per heavy atom. The number of nitrogens with zero attached hydrogens (tertiary/aromatic N) is 2. The first-order valence-electron chi connectivity index (χ1n) is 11.9. The Morgan fingerprint density at radius 1 is 1.14 bits per heavy atom. The Balaban J connectivity index is 1.86. The number of methoxy groups -OCH3 is 1. The largest absolute Gasteiger partial charge is 0.496 e. The maximum absolute atomic E-state index is 12.8. The van der Waals surface area contributed by atoms with Crippen LogP contribution < -0.4 is 25.6 Å². The van der Waals surface area contributed by atoms with Crippen LogP contribution in [0.4, 0.5) is 5.69 Å². The van der Waals surface area contributed by atoms with Crippen LogP contribution in [-0.2, 0) is 22.5 Å². The fraction of sp³-hybridized carbons (Fsp3) is 0.462. The molecule has 1 aliphatic rings. The molecular weight excluding hydrogens is 480 g/mol. The number of hydrogen-bond acceptors (Lipinski definition) is 6. The summed E-state index contributed by atoms with van der Waals surface area (Å²) in [4.78, 5) is 29.5. The number of sulfonamides is 1. The molecule has 0 aliphatic carbocycles. The quantitative estimate of drug-likeness (QED) is 0.523. The SMILES string of the molecule is COc1c(C(C)(C)C)cc(-c2cn(C)c(=O)[nH]c2=O)c2ccc(N3CC[C@H](CNS(C)(=O)=O)C3)cc12. The van der Waals surface area contributed by atoms with Gasteiger partial charge in [0.05, 0.1) is 18.9 Å². The molecule has 1 aliphatic heterocycles. The first kappa shape index (κ1) is 26.0. The number of hydrogen-bond donors (Lipinski definition) is 2. The molecule has 2 aromatic carbocycles. The van der Waals surface area contributed by atoms with Gasteiger partial charge in [-0.1, -0.05) is 26.8 Å². The molecule has 1 atom stereocenters. The number of H-pyrrole nitrogens is 1. The molecule has 194 valence electrons. The molecule has 1 aromatic heterocycles.